The van der Waals surface area contributed by atoms with E-state index in [1.54, 1.807) is 0 Å². The molecule has 0 fully saturated rings. The average Bonchev–Trinajstić information content (AvgIpc) is 3.25. The van der Waals surface area contributed by atoms with E-state index in [-0.39, 0.29) is 0 Å². The summed E-state index contributed by atoms with van der Waals surface area (Å²) in [6, 6.07) is 80.7. The van der Waals surface area contributed by atoms with Crippen LogP contribution < -0.4 is 4.90 Å². The fraction of sp³-hybridized carbons (Fsp3) is 0. The van der Waals surface area contributed by atoms with Crippen molar-refractivity contribution in [2.75, 3.05) is 4.90 Å². The molecule has 0 aliphatic rings. The van der Waals surface area contributed by atoms with Crippen molar-refractivity contribution in [3.8, 4) is 55.6 Å². The Balaban J connectivity index is 1.04. The molecular weight excluding hydrogens is 639 g/mol. The molecular formula is C52H37N. The summed E-state index contributed by atoms with van der Waals surface area (Å²) in [5.41, 5.74) is 15.5. The number of hydrogen-bond acceptors (Lipinski definition) is 1. The van der Waals surface area contributed by atoms with Crippen molar-refractivity contribution < 1.29 is 0 Å². The number of nitrogens with zero attached hydrogens (tertiary/aromatic N) is 1. The predicted octanol–water partition coefficient (Wildman–Crippen LogP) is 14.6. The van der Waals surface area contributed by atoms with Crippen LogP contribution in [0.2, 0.25) is 0 Å². The topological polar surface area (TPSA) is 3.24 Å². The lowest BCUT2D eigenvalue weighted by Crippen LogP contribution is -2.09. The third-order valence-corrected chi connectivity index (χ3v) is 10.1. The fourth-order valence-corrected chi connectivity index (χ4v) is 7.32. The summed E-state index contributed by atoms with van der Waals surface area (Å²) in [6.45, 7) is 0. The molecule has 0 heterocycles. The van der Waals surface area contributed by atoms with Crippen molar-refractivity contribution >= 4 is 27.8 Å². The molecule has 0 aliphatic carbocycles. The van der Waals surface area contributed by atoms with Gasteiger partial charge in [0.2, 0.25) is 0 Å². The molecule has 0 saturated carbocycles. The molecule has 0 aromatic heterocycles. The summed E-state index contributed by atoms with van der Waals surface area (Å²) in [7, 11) is 0. The van der Waals surface area contributed by atoms with Crippen LogP contribution in [0.15, 0.2) is 224 Å². The second-order valence-corrected chi connectivity index (χ2v) is 13.4. The minimum Gasteiger partial charge on any atom is -0.311 e. The third-order valence-electron chi connectivity index (χ3n) is 10.1. The normalized spacial score (nSPS) is 11.0. The molecule has 9 rings (SSSR count). The Morgan fingerprint density at radius 2 is 0.547 bits per heavy atom. The molecule has 9 aromatic carbocycles. The van der Waals surface area contributed by atoms with Gasteiger partial charge in [0, 0.05) is 17.1 Å². The van der Waals surface area contributed by atoms with Gasteiger partial charge in [0.15, 0.2) is 0 Å². The van der Waals surface area contributed by atoms with Crippen molar-refractivity contribution in [2.45, 2.75) is 0 Å². The van der Waals surface area contributed by atoms with Gasteiger partial charge in [-0.05, 0) is 121 Å². The molecule has 250 valence electrons. The number of hydrogen-bond donors (Lipinski definition) is 0. The van der Waals surface area contributed by atoms with Gasteiger partial charge in [-0.25, -0.2) is 0 Å². The molecule has 0 atom stereocenters. The summed E-state index contributed by atoms with van der Waals surface area (Å²) < 4.78 is 0. The highest BCUT2D eigenvalue weighted by Gasteiger charge is 2.15. The molecule has 1 heteroatoms. The highest BCUT2D eigenvalue weighted by molar-refractivity contribution is 5.92. The monoisotopic (exact) mass is 675 g/mol. The van der Waals surface area contributed by atoms with Crippen LogP contribution >= 0.6 is 0 Å². The van der Waals surface area contributed by atoms with Crippen LogP contribution in [-0.4, -0.2) is 0 Å². The van der Waals surface area contributed by atoms with Gasteiger partial charge in [0.05, 0.1) is 0 Å². The first kappa shape index (κ1) is 32.0. The van der Waals surface area contributed by atoms with Crippen LogP contribution in [0.1, 0.15) is 0 Å². The molecule has 0 saturated heterocycles. The average molecular weight is 676 g/mol. The van der Waals surface area contributed by atoms with Crippen LogP contribution in [0.3, 0.4) is 0 Å². The lowest BCUT2D eigenvalue weighted by molar-refractivity contribution is 1.28. The Morgan fingerprint density at radius 1 is 0.208 bits per heavy atom. The van der Waals surface area contributed by atoms with E-state index in [1.807, 2.05) is 0 Å². The van der Waals surface area contributed by atoms with E-state index in [0.717, 1.165) is 17.1 Å². The van der Waals surface area contributed by atoms with E-state index in [0.29, 0.717) is 0 Å². The molecule has 0 spiro atoms. The van der Waals surface area contributed by atoms with E-state index in [2.05, 4.69) is 229 Å². The maximum Gasteiger partial charge on any atom is 0.0462 e. The largest absolute Gasteiger partial charge is 0.311 e. The van der Waals surface area contributed by atoms with Crippen molar-refractivity contribution in [1.82, 2.24) is 0 Å². The molecule has 0 unspecified atom stereocenters. The van der Waals surface area contributed by atoms with E-state index < -0.39 is 0 Å². The maximum atomic E-state index is 2.33. The Hall–Kier alpha value is -6.96. The van der Waals surface area contributed by atoms with Crippen LogP contribution in [0.5, 0.6) is 0 Å². The minimum absolute atomic E-state index is 1.11. The van der Waals surface area contributed by atoms with Crippen molar-refractivity contribution in [2.24, 2.45) is 0 Å². The van der Waals surface area contributed by atoms with E-state index in [9.17, 15) is 0 Å². The number of anilines is 3. The Kier molecular flexibility index (Phi) is 8.66. The molecule has 0 aliphatic heterocycles. The first-order valence-electron chi connectivity index (χ1n) is 18.2. The molecule has 0 bridgehead atoms. The minimum atomic E-state index is 1.11. The van der Waals surface area contributed by atoms with Gasteiger partial charge in [-0.1, -0.05) is 170 Å². The lowest BCUT2D eigenvalue weighted by atomic mass is 9.91. The second kappa shape index (κ2) is 14.3. The van der Waals surface area contributed by atoms with Crippen LogP contribution in [0.4, 0.5) is 17.1 Å². The van der Waals surface area contributed by atoms with Gasteiger partial charge in [-0.2, -0.15) is 0 Å². The predicted molar refractivity (Wildman–Crippen MR) is 226 cm³/mol. The third kappa shape index (κ3) is 6.65. The SMILES string of the molecule is c1ccc(-c2ccc(-c3ccc(N(c4ccccc4)c4ccc(-c5ccc6cc(-c7ccccc7)ccc6c5)cc4)cc3)c(-c3ccccc3)c2)cc1. The number of rotatable bonds is 8. The zero-order valence-electron chi connectivity index (χ0n) is 29.3. The van der Waals surface area contributed by atoms with Crippen molar-refractivity contribution in [3.63, 3.8) is 0 Å². The highest BCUT2D eigenvalue weighted by Crippen LogP contribution is 2.40. The summed E-state index contributed by atoms with van der Waals surface area (Å²) in [5.74, 6) is 0. The molecule has 0 N–H and O–H groups in total. The summed E-state index contributed by atoms with van der Waals surface area (Å²) in [4.78, 5) is 2.33. The number of benzene rings is 9. The zero-order chi connectivity index (χ0) is 35.4. The van der Waals surface area contributed by atoms with Gasteiger partial charge in [-0.15, -0.1) is 0 Å². The Labute approximate surface area is 311 Å². The first-order valence-corrected chi connectivity index (χ1v) is 18.2. The van der Waals surface area contributed by atoms with Gasteiger partial charge in [-0.3, -0.25) is 0 Å². The summed E-state index contributed by atoms with van der Waals surface area (Å²) in [5, 5.41) is 2.48. The lowest BCUT2D eigenvalue weighted by Gasteiger charge is -2.26. The van der Waals surface area contributed by atoms with Crippen molar-refractivity contribution in [1.29, 1.82) is 0 Å². The van der Waals surface area contributed by atoms with E-state index >= 15 is 0 Å². The smallest absolute Gasteiger partial charge is 0.0462 e. The zero-order valence-corrected chi connectivity index (χ0v) is 29.3. The number of fused-ring (bicyclic) bond motifs is 1. The van der Waals surface area contributed by atoms with Crippen molar-refractivity contribution in [3.05, 3.63) is 224 Å². The van der Waals surface area contributed by atoms with Gasteiger partial charge >= 0.3 is 0 Å². The quantitative estimate of drug-likeness (QED) is 0.155. The molecule has 9 aromatic rings. The standard InChI is InChI=1S/C52H37N/c1-5-13-38(14-6-1)43-21-23-46-36-44(22-24-45(46)35-43)40-25-30-49(31-26-40)53(48-19-11-4-12-20-48)50-32-27-42(28-33-50)51-34-29-47(39-15-7-2-8-16-39)37-52(51)41-17-9-3-10-18-41/h1-37H. The van der Waals surface area contributed by atoms with E-state index in [4.69, 9.17) is 0 Å². The molecule has 53 heavy (non-hydrogen) atoms. The molecule has 1 nitrogen and oxygen atoms in total. The van der Waals surface area contributed by atoms with Crippen LogP contribution in [-0.2, 0) is 0 Å². The molecule has 0 radical (unpaired) electrons. The van der Waals surface area contributed by atoms with Gasteiger partial charge < -0.3 is 4.90 Å². The second-order valence-electron chi connectivity index (χ2n) is 13.4. The fourth-order valence-electron chi connectivity index (χ4n) is 7.32. The van der Waals surface area contributed by atoms with Crippen LogP contribution in [0.25, 0.3) is 66.4 Å². The van der Waals surface area contributed by atoms with Crippen LogP contribution in [0, 0.1) is 0 Å². The number of para-hydroxylation sites is 1. The summed E-state index contributed by atoms with van der Waals surface area (Å²) in [6.07, 6.45) is 0. The van der Waals surface area contributed by atoms with Gasteiger partial charge in [0.1, 0.15) is 0 Å². The highest BCUT2D eigenvalue weighted by atomic mass is 15.1. The van der Waals surface area contributed by atoms with E-state index in [1.165, 1.54) is 66.4 Å². The Morgan fingerprint density at radius 3 is 1.06 bits per heavy atom. The molecule has 0 amide bonds. The van der Waals surface area contributed by atoms with Gasteiger partial charge in [0.25, 0.3) is 0 Å². The first-order chi connectivity index (χ1) is 26.3. The summed E-state index contributed by atoms with van der Waals surface area (Å²) >= 11 is 0. The Bertz CT molecular complexity index is 2610. The maximum absolute atomic E-state index is 2.33.